The quantitative estimate of drug-likeness (QED) is 0.539. The molecule has 0 aliphatic heterocycles. The molecule has 0 spiro atoms. The van der Waals surface area contributed by atoms with Crippen LogP contribution in [0.4, 0.5) is 4.48 Å². The standard InChI is InChI=1S/C5H5FN.CH4O3S/c6-7-4-2-1-3-5-7;1-5(2,3)4/h1-5H;1H3,(H,2,3,4)/q+1;/p-1. The molecule has 0 fully saturated rings. The van der Waals surface area contributed by atoms with Crippen molar-refractivity contribution in [1.82, 2.24) is 0 Å². The van der Waals surface area contributed by atoms with E-state index < -0.39 is 10.1 Å². The first-order chi connectivity index (χ1) is 5.39. The summed E-state index contributed by atoms with van der Waals surface area (Å²) in [6.45, 7) is 0. The predicted molar refractivity (Wildman–Crippen MR) is 38.8 cm³/mol. The largest absolute Gasteiger partial charge is 0.748 e. The second kappa shape index (κ2) is 4.78. The van der Waals surface area contributed by atoms with Crippen LogP contribution in [0.3, 0.4) is 0 Å². The Bertz CT molecular complexity index is 303. The Balaban J connectivity index is 0.000000217. The van der Waals surface area contributed by atoms with E-state index >= 15 is 0 Å². The Morgan fingerprint density at radius 2 is 1.58 bits per heavy atom. The third-order valence-corrected chi connectivity index (χ3v) is 0.679. The second-order valence-electron chi connectivity index (χ2n) is 1.92. The molecule has 12 heavy (non-hydrogen) atoms. The molecule has 1 aromatic rings. The van der Waals surface area contributed by atoms with Gasteiger partial charge in [-0.3, -0.25) is 0 Å². The van der Waals surface area contributed by atoms with Gasteiger partial charge in [-0.1, -0.05) is 6.07 Å². The normalized spacial score (nSPS) is 9.92. The third-order valence-electron chi connectivity index (χ3n) is 0.679. The third kappa shape index (κ3) is 11.7. The highest BCUT2D eigenvalue weighted by Gasteiger charge is 1.86. The van der Waals surface area contributed by atoms with E-state index in [2.05, 4.69) is 0 Å². The molecule has 6 heteroatoms. The van der Waals surface area contributed by atoms with E-state index in [0.717, 1.165) is 0 Å². The van der Waals surface area contributed by atoms with Crippen LogP contribution >= 0.6 is 0 Å². The summed E-state index contributed by atoms with van der Waals surface area (Å²) in [6.07, 6.45) is 3.27. The molecule has 68 valence electrons. The van der Waals surface area contributed by atoms with Crippen molar-refractivity contribution in [3.8, 4) is 0 Å². The molecule has 0 aliphatic rings. The van der Waals surface area contributed by atoms with Gasteiger partial charge < -0.3 is 4.55 Å². The lowest BCUT2D eigenvalue weighted by Gasteiger charge is -1.90. The van der Waals surface area contributed by atoms with Crippen LogP contribution in [0.1, 0.15) is 0 Å². The van der Waals surface area contributed by atoms with Crippen molar-refractivity contribution < 1.29 is 22.2 Å². The van der Waals surface area contributed by atoms with Crippen LogP contribution in [-0.4, -0.2) is 19.2 Å². The van der Waals surface area contributed by atoms with Gasteiger partial charge in [0.05, 0.1) is 14.6 Å². The van der Waals surface area contributed by atoms with E-state index in [1.54, 1.807) is 18.2 Å². The van der Waals surface area contributed by atoms with E-state index in [1.165, 1.54) is 12.4 Å². The maximum Gasteiger partial charge on any atom is 0.218 e. The summed E-state index contributed by atoms with van der Waals surface area (Å²) >= 11 is 0. The Morgan fingerprint density at radius 3 is 1.75 bits per heavy atom. The fraction of sp³-hybridized carbons (Fsp3) is 0.167. The van der Waals surface area contributed by atoms with E-state index in [9.17, 15) is 4.48 Å². The van der Waals surface area contributed by atoms with Gasteiger partial charge >= 0.3 is 0 Å². The van der Waals surface area contributed by atoms with Crippen LogP contribution in [0, 0.1) is 0 Å². The van der Waals surface area contributed by atoms with Crippen molar-refractivity contribution in [2.75, 3.05) is 6.26 Å². The fourth-order valence-electron chi connectivity index (χ4n) is 0.378. The van der Waals surface area contributed by atoms with Crippen molar-refractivity contribution >= 4 is 10.1 Å². The summed E-state index contributed by atoms with van der Waals surface area (Å²) in [7, 11) is -3.92. The van der Waals surface area contributed by atoms with Gasteiger partial charge in [-0.2, -0.15) is 0 Å². The molecule has 1 heterocycles. The first-order valence-electron chi connectivity index (χ1n) is 2.93. The molecule has 0 aliphatic carbocycles. The summed E-state index contributed by atoms with van der Waals surface area (Å²) in [6, 6.07) is 5.01. The van der Waals surface area contributed by atoms with Crippen LogP contribution in [0.2, 0.25) is 0 Å². The molecule has 0 aromatic carbocycles. The topological polar surface area (TPSA) is 61.1 Å². The molecule has 1 aromatic heterocycles. The van der Waals surface area contributed by atoms with Crippen molar-refractivity contribution in [1.29, 1.82) is 0 Å². The molecule has 0 radical (unpaired) electrons. The van der Waals surface area contributed by atoms with E-state index in [4.69, 9.17) is 13.0 Å². The molecule has 0 N–H and O–H groups in total. The van der Waals surface area contributed by atoms with Gasteiger partial charge in [0.1, 0.15) is 0 Å². The minimum Gasteiger partial charge on any atom is -0.748 e. The minimum atomic E-state index is -3.92. The SMILES string of the molecule is CS(=O)(=O)[O-].F[n+]1ccccc1. The van der Waals surface area contributed by atoms with Crippen molar-refractivity contribution in [2.45, 2.75) is 0 Å². The van der Waals surface area contributed by atoms with Gasteiger partial charge in [0.25, 0.3) is 0 Å². The maximum absolute atomic E-state index is 11.8. The Labute approximate surface area is 70.0 Å². The zero-order chi connectivity index (χ0) is 9.61. The smallest absolute Gasteiger partial charge is 0.218 e. The summed E-state index contributed by atoms with van der Waals surface area (Å²) < 4.78 is 39.1. The number of halogens is 1. The molecule has 0 bridgehead atoms. The first kappa shape index (κ1) is 11.0. The fourth-order valence-corrected chi connectivity index (χ4v) is 0.378. The molecular formula is C6H8FNO3S. The monoisotopic (exact) mass is 193 g/mol. The summed E-state index contributed by atoms with van der Waals surface area (Å²) in [5, 5.41) is 0. The van der Waals surface area contributed by atoms with Crippen LogP contribution < -0.4 is 4.79 Å². The Kier molecular flexibility index (Phi) is 4.38. The lowest BCUT2D eigenvalue weighted by Crippen LogP contribution is -2.18. The highest BCUT2D eigenvalue weighted by molar-refractivity contribution is 7.84. The number of nitrogens with zero attached hydrogens (tertiary/aromatic N) is 1. The average Bonchev–Trinajstić information content (AvgIpc) is 1.85. The van der Waals surface area contributed by atoms with Gasteiger partial charge in [-0.25, -0.2) is 8.42 Å². The molecule has 0 saturated heterocycles. The average molecular weight is 193 g/mol. The van der Waals surface area contributed by atoms with E-state index in [0.29, 0.717) is 11.0 Å². The van der Waals surface area contributed by atoms with Crippen molar-refractivity contribution in [3.05, 3.63) is 30.6 Å². The molecular weight excluding hydrogens is 185 g/mol. The summed E-state index contributed by atoms with van der Waals surface area (Å²) in [5.74, 6) is 0. The maximum atomic E-state index is 11.8. The second-order valence-corrected chi connectivity index (χ2v) is 3.33. The van der Waals surface area contributed by atoms with E-state index in [1.807, 2.05) is 0 Å². The van der Waals surface area contributed by atoms with Crippen molar-refractivity contribution in [2.24, 2.45) is 0 Å². The molecule has 0 saturated carbocycles. The highest BCUT2D eigenvalue weighted by atomic mass is 32.2. The number of hydrogen-bond donors (Lipinski definition) is 0. The Hall–Kier alpha value is -1.01. The van der Waals surface area contributed by atoms with Gasteiger partial charge in [-0.05, 0) is 0 Å². The van der Waals surface area contributed by atoms with Crippen LogP contribution in [-0.2, 0) is 10.1 Å². The summed E-state index contributed by atoms with van der Waals surface area (Å²) in [5.41, 5.74) is 0. The first-order valence-corrected chi connectivity index (χ1v) is 4.74. The number of aromatic nitrogens is 1. The Morgan fingerprint density at radius 1 is 1.25 bits per heavy atom. The van der Waals surface area contributed by atoms with Crippen molar-refractivity contribution in [3.63, 3.8) is 0 Å². The zero-order valence-corrected chi connectivity index (χ0v) is 7.16. The number of rotatable bonds is 0. The zero-order valence-electron chi connectivity index (χ0n) is 6.34. The van der Waals surface area contributed by atoms with Crippen LogP contribution in [0.25, 0.3) is 0 Å². The van der Waals surface area contributed by atoms with Gasteiger partial charge in [-0.15, -0.1) is 0 Å². The van der Waals surface area contributed by atoms with Gasteiger partial charge in [0, 0.05) is 23.2 Å². The molecule has 1 rings (SSSR count). The van der Waals surface area contributed by atoms with Crippen LogP contribution in [0.15, 0.2) is 30.6 Å². The summed E-state index contributed by atoms with van der Waals surface area (Å²) in [4.78, 5) is 0.500. The lowest BCUT2D eigenvalue weighted by atomic mass is 10.5. The molecule has 0 atom stereocenters. The highest BCUT2D eigenvalue weighted by Crippen LogP contribution is 1.73. The molecule has 4 nitrogen and oxygen atoms in total. The van der Waals surface area contributed by atoms with E-state index in [-0.39, 0.29) is 0 Å². The lowest BCUT2D eigenvalue weighted by molar-refractivity contribution is -0.843. The predicted octanol–water partition coefficient (Wildman–Crippen LogP) is -0.132. The van der Waals surface area contributed by atoms with Gasteiger partial charge in [0.15, 0.2) is 0 Å². The molecule has 0 amide bonds. The van der Waals surface area contributed by atoms with Crippen LogP contribution in [0.5, 0.6) is 0 Å². The minimum absolute atomic E-state index is 0.500. The number of hydrogen-bond acceptors (Lipinski definition) is 3. The molecule has 0 unspecified atom stereocenters. The van der Waals surface area contributed by atoms with Gasteiger partial charge in [0.2, 0.25) is 12.4 Å². The number of pyridine rings is 1.